The zero-order valence-electron chi connectivity index (χ0n) is 30.0. The number of aliphatic carboxylic acids is 1. The fourth-order valence-electron chi connectivity index (χ4n) is 6.80. The summed E-state index contributed by atoms with van der Waals surface area (Å²) in [7, 11) is 0. The number of aromatic hydroxyl groups is 6. The van der Waals surface area contributed by atoms with E-state index >= 15 is 0 Å². The largest absolute Gasteiger partial charge is 0.508 e. The number of ether oxygens (including phenoxy) is 5. The minimum atomic E-state index is -3.11. The van der Waals surface area contributed by atoms with Gasteiger partial charge in [0.1, 0.15) is 28.9 Å². The fourth-order valence-corrected chi connectivity index (χ4v) is 6.80. The molecule has 306 valence electrons. The van der Waals surface area contributed by atoms with Gasteiger partial charge in [-0.15, -0.1) is 0 Å². The molecule has 1 saturated carbocycles. The third-order valence-electron chi connectivity index (χ3n) is 9.71. The Kier molecular flexibility index (Phi) is 9.75. The molecule has 6 atom stereocenters. The molecule has 2 aliphatic heterocycles. The third kappa shape index (κ3) is 7.09. The van der Waals surface area contributed by atoms with Crippen LogP contribution < -0.4 is 14.2 Å². The first-order valence-corrected chi connectivity index (χ1v) is 17.3. The molecule has 1 aliphatic carbocycles. The number of carboxylic acid groups (broad SMARTS) is 1. The van der Waals surface area contributed by atoms with Crippen molar-refractivity contribution in [3.63, 3.8) is 0 Å². The highest BCUT2D eigenvalue weighted by molar-refractivity contribution is 6.08. The second-order valence-corrected chi connectivity index (χ2v) is 13.7. The van der Waals surface area contributed by atoms with Gasteiger partial charge in [0.05, 0.1) is 6.10 Å². The predicted molar refractivity (Wildman–Crippen MR) is 194 cm³/mol. The van der Waals surface area contributed by atoms with Gasteiger partial charge in [0.2, 0.25) is 0 Å². The molecule has 4 unspecified atom stereocenters. The van der Waals surface area contributed by atoms with E-state index < -0.39 is 118 Å². The molecule has 59 heavy (non-hydrogen) atoms. The Morgan fingerprint density at radius 1 is 0.661 bits per heavy atom. The lowest BCUT2D eigenvalue weighted by molar-refractivity contribution is -0.316. The van der Waals surface area contributed by atoms with E-state index in [1.165, 1.54) is 36.4 Å². The summed E-state index contributed by atoms with van der Waals surface area (Å²) in [6.07, 6.45) is -2.67. The Balaban J connectivity index is 1.14. The zero-order valence-corrected chi connectivity index (χ0v) is 30.0. The first-order chi connectivity index (χ1) is 27.8. The first kappa shape index (κ1) is 39.7. The van der Waals surface area contributed by atoms with Gasteiger partial charge in [-0.3, -0.25) is 4.79 Å². The van der Waals surface area contributed by atoms with Crippen LogP contribution in [0.25, 0.3) is 12.2 Å². The second kappa shape index (κ2) is 14.5. The first-order valence-electron chi connectivity index (χ1n) is 17.3. The molecule has 0 amide bonds. The molecule has 19 heteroatoms. The van der Waals surface area contributed by atoms with Gasteiger partial charge >= 0.3 is 29.5 Å². The molecule has 7 rings (SSSR count). The lowest BCUT2D eigenvalue weighted by Gasteiger charge is -2.50. The van der Waals surface area contributed by atoms with E-state index in [9.17, 15) is 70.2 Å². The second-order valence-electron chi connectivity index (χ2n) is 13.7. The van der Waals surface area contributed by atoms with Gasteiger partial charge in [-0.05, 0) is 65.7 Å². The number of carbonyl (C=O) groups is 4. The van der Waals surface area contributed by atoms with E-state index in [-0.39, 0.29) is 28.2 Å². The lowest BCUT2D eigenvalue weighted by atomic mass is 9.79. The van der Waals surface area contributed by atoms with Crippen molar-refractivity contribution in [2.45, 2.75) is 48.3 Å². The number of benzene rings is 4. The van der Waals surface area contributed by atoms with Gasteiger partial charge in [-0.2, -0.15) is 0 Å². The molecule has 4 aromatic carbocycles. The van der Waals surface area contributed by atoms with E-state index in [1.807, 2.05) is 0 Å². The summed E-state index contributed by atoms with van der Waals surface area (Å²) in [6, 6.07) is 12.3. The van der Waals surface area contributed by atoms with Gasteiger partial charge in [-0.1, -0.05) is 12.1 Å². The van der Waals surface area contributed by atoms with Crippen LogP contribution in [0, 0.1) is 0 Å². The van der Waals surface area contributed by atoms with E-state index in [4.69, 9.17) is 23.7 Å². The summed E-state index contributed by atoms with van der Waals surface area (Å²) in [5.74, 6) is -15.5. The molecule has 0 radical (unpaired) electrons. The number of aliphatic hydroxyl groups excluding tert-OH is 1. The summed E-state index contributed by atoms with van der Waals surface area (Å²) in [5.41, 5.74) is -2.99. The summed E-state index contributed by atoms with van der Waals surface area (Å²) in [5, 5.41) is 103. The Labute approximate surface area is 330 Å². The fraction of sp³-hybridized carbons (Fsp3) is 0.200. The molecule has 0 spiro atoms. The van der Waals surface area contributed by atoms with Crippen LogP contribution in [0.3, 0.4) is 0 Å². The molecule has 19 nitrogen and oxygen atoms in total. The van der Waals surface area contributed by atoms with Crippen molar-refractivity contribution in [2.24, 2.45) is 0 Å². The summed E-state index contributed by atoms with van der Waals surface area (Å²) < 4.78 is 28.6. The van der Waals surface area contributed by atoms with Crippen LogP contribution >= 0.6 is 0 Å². The maximum Gasteiger partial charge on any atom is 0.357 e. The molecule has 1 fully saturated rings. The highest BCUT2D eigenvalue weighted by Gasteiger charge is 2.71. The average molecular weight is 817 g/mol. The monoisotopic (exact) mass is 816 g/mol. The lowest BCUT2D eigenvalue weighted by Crippen LogP contribution is -2.70. The highest BCUT2D eigenvalue weighted by atomic mass is 16.8. The number of hydrogen-bond donors (Lipinski definition) is 10. The van der Waals surface area contributed by atoms with Gasteiger partial charge in [0.25, 0.3) is 5.78 Å². The van der Waals surface area contributed by atoms with Gasteiger partial charge in [0, 0.05) is 42.7 Å². The Morgan fingerprint density at radius 3 is 1.93 bits per heavy atom. The summed E-state index contributed by atoms with van der Waals surface area (Å²) in [6.45, 7) is 0. The third-order valence-corrected chi connectivity index (χ3v) is 9.71. The van der Waals surface area contributed by atoms with Crippen molar-refractivity contribution in [3.05, 3.63) is 101 Å². The molecule has 10 N–H and O–H groups in total. The Hall–Kier alpha value is -7.48. The zero-order chi connectivity index (χ0) is 42.6. The molecule has 0 bridgehead atoms. The number of phenols is 6. The number of aliphatic hydroxyl groups is 3. The molecular formula is C40H32O19. The molecule has 2 heterocycles. The minimum Gasteiger partial charge on any atom is -0.508 e. The number of ketones is 1. The van der Waals surface area contributed by atoms with Crippen LogP contribution in [0.15, 0.2) is 78.9 Å². The maximum absolute atomic E-state index is 13.9. The van der Waals surface area contributed by atoms with Crippen molar-refractivity contribution in [1.82, 2.24) is 0 Å². The normalized spacial score (nSPS) is 25.7. The number of phenolic OH excluding ortho intramolecular Hbond substituents is 6. The smallest absolute Gasteiger partial charge is 0.357 e. The van der Waals surface area contributed by atoms with Crippen LogP contribution in [0.4, 0.5) is 0 Å². The Bertz CT molecular complexity index is 2480. The summed E-state index contributed by atoms with van der Waals surface area (Å²) in [4.78, 5) is 51.6. The average Bonchev–Trinajstić information content (AvgIpc) is 3.16. The number of carboxylic acids is 1. The number of fused-ring (bicyclic) bond motifs is 3. The number of Topliss-reactive ketones (excluding diaryl/α,β-unsaturated/α-hetero) is 1. The van der Waals surface area contributed by atoms with Crippen molar-refractivity contribution < 1.29 is 93.9 Å². The maximum atomic E-state index is 13.9. The van der Waals surface area contributed by atoms with Crippen LogP contribution in [0.1, 0.15) is 39.9 Å². The number of carbonyl (C=O) groups excluding carboxylic acids is 3. The van der Waals surface area contributed by atoms with Crippen molar-refractivity contribution in [1.29, 1.82) is 0 Å². The highest BCUT2D eigenvalue weighted by Crippen LogP contribution is 2.55. The van der Waals surface area contributed by atoms with E-state index in [0.29, 0.717) is 0 Å². The minimum absolute atomic E-state index is 0.175. The van der Waals surface area contributed by atoms with Crippen LogP contribution in [0.5, 0.6) is 51.7 Å². The molecule has 0 aromatic heterocycles. The van der Waals surface area contributed by atoms with E-state index in [0.717, 1.165) is 54.6 Å². The van der Waals surface area contributed by atoms with Gasteiger partial charge < -0.3 is 74.7 Å². The van der Waals surface area contributed by atoms with E-state index in [1.54, 1.807) is 0 Å². The van der Waals surface area contributed by atoms with Gasteiger partial charge in [0.15, 0.2) is 46.2 Å². The number of hydrogen-bond acceptors (Lipinski definition) is 18. The topological polar surface area (TPSA) is 317 Å². The summed E-state index contributed by atoms with van der Waals surface area (Å²) >= 11 is 0. The van der Waals surface area contributed by atoms with E-state index in [2.05, 4.69) is 0 Å². The van der Waals surface area contributed by atoms with Crippen LogP contribution in [0.2, 0.25) is 0 Å². The number of esters is 2. The van der Waals surface area contributed by atoms with Gasteiger partial charge in [-0.25, -0.2) is 14.4 Å². The van der Waals surface area contributed by atoms with Crippen LogP contribution in [-0.4, -0.2) is 104 Å². The predicted octanol–water partition coefficient (Wildman–Crippen LogP) is 2.03. The standard InChI is InChI=1S/C40H32O19/c41-21-14-26(46)34-30(15-21)59-40(20-5-7-23(43)25(45)13-20)39(54,36(34)50)57-28-8-2-19(12-29(28)58-40)4-10-33(49)56-35-27(47)16-38(53,37(51)52)17-31(35)55-32(48)9-3-18-1-6-22(42)24(44)11-18/h1-15,27,31,35,41-47,53-54H,16-17H2,(H,51,52)/b9-3+,10-4+/t27?,31-,35?,38+,39?,40?/m1/s1. The molecular weight excluding hydrogens is 784 g/mol. The molecule has 3 aliphatic rings. The molecule has 0 saturated heterocycles. The van der Waals surface area contributed by atoms with Crippen LogP contribution in [-0.2, 0) is 29.6 Å². The number of rotatable bonds is 8. The van der Waals surface area contributed by atoms with Crippen molar-refractivity contribution >= 4 is 35.8 Å². The quantitative estimate of drug-likeness (QED) is 0.0691. The Morgan fingerprint density at radius 2 is 1.27 bits per heavy atom. The molecule has 4 aromatic rings. The van der Waals surface area contributed by atoms with Crippen molar-refractivity contribution in [2.75, 3.05) is 0 Å². The SMILES string of the molecule is O=C(/C=C/c1ccc2c(c1)OC1(c3ccc(O)c(O)c3)Oc3cc(O)cc(O)c3C(=O)C1(O)O2)OC1C(O)C[C@@](O)(C(=O)O)C[C@H]1OC(=O)/C=C/c1ccc(O)c(O)c1. The van der Waals surface area contributed by atoms with Crippen molar-refractivity contribution in [3.8, 4) is 51.7 Å².